The van der Waals surface area contributed by atoms with Gasteiger partial charge >= 0.3 is 0 Å². The lowest BCUT2D eigenvalue weighted by Gasteiger charge is -2.22. The Kier molecular flexibility index (Phi) is 3.16. The maximum Gasteiger partial charge on any atom is 0.117 e. The highest BCUT2D eigenvalue weighted by molar-refractivity contribution is 4.71. The highest BCUT2D eigenvalue weighted by Gasteiger charge is 2.14. The van der Waals surface area contributed by atoms with Crippen molar-refractivity contribution in [1.29, 1.82) is 0 Å². The van der Waals surface area contributed by atoms with Crippen LogP contribution in [0, 0.1) is 0 Å². The molecule has 1 fully saturated rings. The second kappa shape index (κ2) is 3.94. The molecule has 59 valence electrons. The quantitative estimate of drug-likeness (QED) is 0.619. The largest absolute Gasteiger partial charge is 0.377 e. The molecule has 1 aliphatic carbocycles. The lowest BCUT2D eigenvalue weighted by molar-refractivity contribution is 0.125. The summed E-state index contributed by atoms with van der Waals surface area (Å²) in [6, 6.07) is 0.453. The van der Waals surface area contributed by atoms with E-state index < -0.39 is 6.23 Å². The lowest BCUT2D eigenvalue weighted by atomic mass is 9.95. The van der Waals surface area contributed by atoms with E-state index in [0.29, 0.717) is 6.04 Å². The van der Waals surface area contributed by atoms with Crippen LogP contribution in [0.4, 0.5) is 0 Å². The standard InChI is InChI=1S/C8H16NO/c1-7(10)9-8-5-3-2-4-6-8/h7-8,10H,2-6H2,1H3. The Morgan fingerprint density at radius 3 is 2.40 bits per heavy atom. The van der Waals surface area contributed by atoms with Gasteiger partial charge in [0.05, 0.1) is 0 Å². The molecule has 1 N–H and O–H groups in total. The van der Waals surface area contributed by atoms with Crippen LogP contribution in [0.1, 0.15) is 39.0 Å². The van der Waals surface area contributed by atoms with Crippen LogP contribution in [0.15, 0.2) is 0 Å². The van der Waals surface area contributed by atoms with Crippen molar-refractivity contribution in [3.8, 4) is 0 Å². The first-order valence-corrected chi connectivity index (χ1v) is 4.17. The van der Waals surface area contributed by atoms with Gasteiger partial charge in [0.1, 0.15) is 6.23 Å². The fourth-order valence-electron chi connectivity index (χ4n) is 1.54. The van der Waals surface area contributed by atoms with E-state index in [9.17, 15) is 0 Å². The number of hydrogen-bond donors (Lipinski definition) is 1. The van der Waals surface area contributed by atoms with Crippen LogP contribution in [-0.4, -0.2) is 17.4 Å². The van der Waals surface area contributed by atoms with Crippen LogP contribution in [0.25, 0.3) is 0 Å². The molecule has 1 rings (SSSR count). The van der Waals surface area contributed by atoms with Crippen LogP contribution in [0.5, 0.6) is 0 Å². The molecule has 1 unspecified atom stereocenters. The fourth-order valence-corrected chi connectivity index (χ4v) is 1.54. The maximum absolute atomic E-state index is 8.94. The zero-order chi connectivity index (χ0) is 7.40. The Morgan fingerprint density at radius 1 is 1.30 bits per heavy atom. The van der Waals surface area contributed by atoms with Crippen molar-refractivity contribution in [3.63, 3.8) is 0 Å². The van der Waals surface area contributed by atoms with E-state index in [4.69, 9.17) is 5.11 Å². The van der Waals surface area contributed by atoms with Crippen molar-refractivity contribution in [2.75, 3.05) is 0 Å². The van der Waals surface area contributed by atoms with Crippen molar-refractivity contribution >= 4 is 0 Å². The van der Waals surface area contributed by atoms with Gasteiger partial charge in [0, 0.05) is 6.04 Å². The normalized spacial score (nSPS) is 24.6. The molecule has 2 heteroatoms. The van der Waals surface area contributed by atoms with Gasteiger partial charge in [-0.15, -0.1) is 0 Å². The van der Waals surface area contributed by atoms with E-state index in [1.807, 2.05) is 0 Å². The molecule has 10 heavy (non-hydrogen) atoms. The Balaban J connectivity index is 2.13. The van der Waals surface area contributed by atoms with E-state index in [2.05, 4.69) is 5.32 Å². The molecule has 1 radical (unpaired) electrons. The molecular weight excluding hydrogens is 126 g/mol. The number of hydrogen-bond acceptors (Lipinski definition) is 1. The van der Waals surface area contributed by atoms with Crippen LogP contribution in [0.2, 0.25) is 0 Å². The summed E-state index contributed by atoms with van der Waals surface area (Å²) in [7, 11) is 0. The minimum absolute atomic E-state index is 0.453. The van der Waals surface area contributed by atoms with E-state index in [-0.39, 0.29) is 0 Å². The third kappa shape index (κ3) is 2.67. The van der Waals surface area contributed by atoms with Gasteiger partial charge in [-0.3, -0.25) is 0 Å². The number of aliphatic hydroxyl groups is 1. The van der Waals surface area contributed by atoms with Crippen LogP contribution in [-0.2, 0) is 0 Å². The summed E-state index contributed by atoms with van der Waals surface area (Å²) in [5.74, 6) is 0. The predicted molar refractivity (Wildman–Crippen MR) is 40.7 cm³/mol. The second-order valence-corrected chi connectivity index (χ2v) is 3.07. The molecule has 0 heterocycles. The Hall–Kier alpha value is -0.0800. The minimum atomic E-state index is -0.455. The molecule has 1 atom stereocenters. The van der Waals surface area contributed by atoms with E-state index in [1.165, 1.54) is 32.1 Å². The van der Waals surface area contributed by atoms with E-state index >= 15 is 0 Å². The molecule has 0 aliphatic heterocycles. The fraction of sp³-hybridized carbons (Fsp3) is 1.00. The molecule has 1 aliphatic rings. The average molecular weight is 142 g/mol. The van der Waals surface area contributed by atoms with Crippen molar-refractivity contribution in [2.24, 2.45) is 0 Å². The van der Waals surface area contributed by atoms with Gasteiger partial charge < -0.3 is 5.11 Å². The number of nitrogens with zero attached hydrogens (tertiary/aromatic N) is 1. The number of aliphatic hydroxyl groups excluding tert-OH is 1. The van der Waals surface area contributed by atoms with Crippen LogP contribution >= 0.6 is 0 Å². The summed E-state index contributed by atoms with van der Waals surface area (Å²) in [5.41, 5.74) is 0. The monoisotopic (exact) mass is 142 g/mol. The summed E-state index contributed by atoms with van der Waals surface area (Å²) in [6.07, 6.45) is 5.85. The first kappa shape index (κ1) is 8.02. The van der Waals surface area contributed by atoms with E-state index in [1.54, 1.807) is 6.92 Å². The maximum atomic E-state index is 8.94. The van der Waals surface area contributed by atoms with Gasteiger partial charge in [-0.1, -0.05) is 19.3 Å². The van der Waals surface area contributed by atoms with Crippen molar-refractivity contribution in [3.05, 3.63) is 0 Å². The van der Waals surface area contributed by atoms with Crippen LogP contribution in [0.3, 0.4) is 0 Å². The van der Waals surface area contributed by atoms with Gasteiger partial charge in [-0.2, -0.15) is 0 Å². The Labute approximate surface area is 62.6 Å². The van der Waals surface area contributed by atoms with Crippen molar-refractivity contribution in [2.45, 2.75) is 51.3 Å². The van der Waals surface area contributed by atoms with Gasteiger partial charge in [-0.05, 0) is 19.8 Å². The summed E-state index contributed by atoms with van der Waals surface area (Å²) >= 11 is 0. The van der Waals surface area contributed by atoms with E-state index in [0.717, 1.165) is 0 Å². The molecule has 0 aromatic heterocycles. The molecule has 0 aromatic rings. The summed E-state index contributed by atoms with van der Waals surface area (Å²) in [5, 5.41) is 13.1. The summed E-state index contributed by atoms with van der Waals surface area (Å²) in [6.45, 7) is 1.73. The molecule has 0 saturated heterocycles. The third-order valence-electron chi connectivity index (χ3n) is 2.00. The van der Waals surface area contributed by atoms with Crippen molar-refractivity contribution in [1.82, 2.24) is 5.32 Å². The predicted octanol–water partition coefficient (Wildman–Crippen LogP) is 1.26. The SMILES string of the molecule is CC(O)[N]C1CCCCC1. The Morgan fingerprint density at radius 2 is 1.90 bits per heavy atom. The summed E-state index contributed by atoms with van der Waals surface area (Å²) < 4.78 is 0. The third-order valence-corrected chi connectivity index (χ3v) is 2.00. The zero-order valence-electron chi connectivity index (χ0n) is 6.58. The number of rotatable bonds is 2. The molecule has 0 spiro atoms. The first-order chi connectivity index (χ1) is 4.79. The molecule has 1 saturated carbocycles. The van der Waals surface area contributed by atoms with Gasteiger partial charge in [0.15, 0.2) is 0 Å². The zero-order valence-corrected chi connectivity index (χ0v) is 6.58. The lowest BCUT2D eigenvalue weighted by Crippen LogP contribution is -2.30. The molecule has 2 nitrogen and oxygen atoms in total. The van der Waals surface area contributed by atoms with Gasteiger partial charge in [0.25, 0.3) is 0 Å². The molecular formula is C8H16NO. The van der Waals surface area contributed by atoms with Gasteiger partial charge in [0.2, 0.25) is 0 Å². The first-order valence-electron chi connectivity index (χ1n) is 4.17. The molecule has 0 aromatic carbocycles. The van der Waals surface area contributed by atoms with Crippen LogP contribution < -0.4 is 5.32 Å². The van der Waals surface area contributed by atoms with Crippen molar-refractivity contribution < 1.29 is 5.11 Å². The molecule has 0 bridgehead atoms. The van der Waals surface area contributed by atoms with Gasteiger partial charge in [-0.25, -0.2) is 5.32 Å². The minimum Gasteiger partial charge on any atom is -0.377 e. The second-order valence-electron chi connectivity index (χ2n) is 3.07. The topological polar surface area (TPSA) is 34.3 Å². The summed E-state index contributed by atoms with van der Waals surface area (Å²) in [4.78, 5) is 0. The highest BCUT2D eigenvalue weighted by atomic mass is 16.3. The highest BCUT2D eigenvalue weighted by Crippen LogP contribution is 2.18. The Bertz CT molecular complexity index is 87.3. The average Bonchev–Trinajstić information content (AvgIpc) is 1.88. The molecule has 0 amide bonds. The smallest absolute Gasteiger partial charge is 0.117 e.